The van der Waals surface area contributed by atoms with Gasteiger partial charge in [0.1, 0.15) is 0 Å². The van der Waals surface area contributed by atoms with E-state index in [4.69, 9.17) is 18.9 Å². The van der Waals surface area contributed by atoms with E-state index in [1.165, 1.54) is 0 Å². The molecule has 0 fully saturated rings. The molecule has 4 nitrogen and oxygen atoms in total. The molecule has 0 heterocycles. The molecule has 1 aromatic rings. The van der Waals surface area contributed by atoms with Crippen molar-refractivity contribution < 1.29 is 18.9 Å². The van der Waals surface area contributed by atoms with Gasteiger partial charge in [-0.1, -0.05) is 6.07 Å². The largest absolute Gasteiger partial charge is 0.493 e. The smallest absolute Gasteiger partial charge is 0.183 e. The number of benzene rings is 1. The first-order valence-electron chi connectivity index (χ1n) is 6.30. The van der Waals surface area contributed by atoms with E-state index in [-0.39, 0.29) is 6.29 Å². The molecular weight excluding hydrogens is 232 g/mol. The quantitative estimate of drug-likeness (QED) is 0.668. The van der Waals surface area contributed by atoms with Crippen LogP contribution in [-0.2, 0) is 9.47 Å². The zero-order valence-corrected chi connectivity index (χ0v) is 11.6. The van der Waals surface area contributed by atoms with Crippen LogP contribution in [0.3, 0.4) is 0 Å². The lowest BCUT2D eigenvalue weighted by molar-refractivity contribution is -0.140. The number of hydrogen-bond donors (Lipinski definition) is 0. The summed E-state index contributed by atoms with van der Waals surface area (Å²) in [6, 6.07) is 5.70. The third-order valence-corrected chi connectivity index (χ3v) is 2.40. The Balaban J connectivity index is 2.93. The minimum Gasteiger partial charge on any atom is -0.493 e. The Morgan fingerprint density at radius 1 is 0.944 bits per heavy atom. The zero-order valence-electron chi connectivity index (χ0n) is 11.6. The van der Waals surface area contributed by atoms with Crippen LogP contribution in [0.25, 0.3) is 0 Å². The summed E-state index contributed by atoms with van der Waals surface area (Å²) in [5, 5.41) is 0. The van der Waals surface area contributed by atoms with E-state index >= 15 is 0 Å². The van der Waals surface area contributed by atoms with Gasteiger partial charge in [-0.3, -0.25) is 0 Å². The molecule has 0 N–H and O–H groups in total. The van der Waals surface area contributed by atoms with Crippen molar-refractivity contribution in [1.29, 1.82) is 0 Å². The topological polar surface area (TPSA) is 36.9 Å². The molecule has 0 radical (unpaired) electrons. The van der Waals surface area contributed by atoms with Gasteiger partial charge in [0, 0.05) is 18.8 Å². The summed E-state index contributed by atoms with van der Waals surface area (Å²) in [6.07, 6.45) is -0.357. The summed E-state index contributed by atoms with van der Waals surface area (Å²) in [4.78, 5) is 0. The summed E-state index contributed by atoms with van der Waals surface area (Å²) < 4.78 is 21.9. The summed E-state index contributed by atoms with van der Waals surface area (Å²) in [5.41, 5.74) is 0.930. The molecule has 0 unspecified atom stereocenters. The third-order valence-electron chi connectivity index (χ3n) is 2.40. The molecule has 0 aliphatic carbocycles. The van der Waals surface area contributed by atoms with Crippen molar-refractivity contribution in [2.45, 2.75) is 27.1 Å². The number of hydrogen-bond acceptors (Lipinski definition) is 4. The predicted molar refractivity (Wildman–Crippen MR) is 70.2 cm³/mol. The van der Waals surface area contributed by atoms with Crippen LogP contribution in [0.15, 0.2) is 18.2 Å². The van der Waals surface area contributed by atoms with Crippen LogP contribution in [0.2, 0.25) is 0 Å². The highest BCUT2D eigenvalue weighted by molar-refractivity contribution is 5.43. The Bertz CT molecular complexity index is 346. The Morgan fingerprint density at radius 3 is 2.11 bits per heavy atom. The highest BCUT2D eigenvalue weighted by Crippen LogP contribution is 2.31. The molecule has 0 amide bonds. The van der Waals surface area contributed by atoms with Gasteiger partial charge in [-0.2, -0.15) is 0 Å². The second-order valence-corrected chi connectivity index (χ2v) is 3.59. The molecule has 0 aromatic heterocycles. The molecule has 0 bridgehead atoms. The number of methoxy groups -OCH3 is 1. The second-order valence-electron chi connectivity index (χ2n) is 3.59. The van der Waals surface area contributed by atoms with Gasteiger partial charge in [0.2, 0.25) is 0 Å². The molecule has 0 saturated carbocycles. The Hall–Kier alpha value is -1.26. The van der Waals surface area contributed by atoms with Crippen LogP contribution >= 0.6 is 0 Å². The van der Waals surface area contributed by atoms with Crippen LogP contribution in [0.4, 0.5) is 0 Å². The average molecular weight is 254 g/mol. The van der Waals surface area contributed by atoms with Crippen molar-refractivity contribution in [3.8, 4) is 11.5 Å². The number of ether oxygens (including phenoxy) is 4. The molecule has 0 saturated heterocycles. The molecule has 1 aromatic carbocycles. The third kappa shape index (κ3) is 3.89. The molecule has 0 spiro atoms. The van der Waals surface area contributed by atoms with Crippen LogP contribution in [-0.4, -0.2) is 26.9 Å². The zero-order chi connectivity index (χ0) is 13.4. The van der Waals surface area contributed by atoms with E-state index in [2.05, 4.69) is 0 Å². The predicted octanol–water partition coefficient (Wildman–Crippen LogP) is 3.17. The highest BCUT2D eigenvalue weighted by Gasteiger charge is 2.14. The van der Waals surface area contributed by atoms with Gasteiger partial charge >= 0.3 is 0 Å². The lowest BCUT2D eigenvalue weighted by Gasteiger charge is -2.19. The van der Waals surface area contributed by atoms with E-state index in [0.717, 1.165) is 11.3 Å². The van der Waals surface area contributed by atoms with E-state index < -0.39 is 0 Å². The van der Waals surface area contributed by atoms with Crippen molar-refractivity contribution in [2.75, 3.05) is 26.9 Å². The van der Waals surface area contributed by atoms with Crippen molar-refractivity contribution >= 4 is 0 Å². The maximum absolute atomic E-state index is 5.55. The van der Waals surface area contributed by atoms with Crippen molar-refractivity contribution in [3.63, 3.8) is 0 Å². The SMILES string of the molecule is CCOc1ccc(C(OCC)OCC)cc1OC. The van der Waals surface area contributed by atoms with Crippen LogP contribution in [0.1, 0.15) is 32.6 Å². The Kier molecular flexibility index (Phi) is 6.54. The van der Waals surface area contributed by atoms with E-state index in [1.54, 1.807) is 7.11 Å². The Morgan fingerprint density at radius 2 is 1.61 bits per heavy atom. The maximum Gasteiger partial charge on any atom is 0.183 e. The van der Waals surface area contributed by atoms with Gasteiger partial charge in [-0.25, -0.2) is 0 Å². The average Bonchev–Trinajstić information content (AvgIpc) is 2.39. The fourth-order valence-electron chi connectivity index (χ4n) is 1.65. The van der Waals surface area contributed by atoms with Crippen molar-refractivity contribution in [2.24, 2.45) is 0 Å². The van der Waals surface area contributed by atoms with Gasteiger partial charge in [0.05, 0.1) is 13.7 Å². The summed E-state index contributed by atoms with van der Waals surface area (Å²) in [7, 11) is 1.62. The van der Waals surface area contributed by atoms with Gasteiger partial charge in [0.15, 0.2) is 17.8 Å². The normalized spacial score (nSPS) is 10.7. The molecule has 0 aliphatic rings. The molecule has 18 heavy (non-hydrogen) atoms. The summed E-state index contributed by atoms with van der Waals surface area (Å²) in [5.74, 6) is 1.43. The minimum absolute atomic E-state index is 0.357. The molecule has 1 rings (SSSR count). The Labute approximate surface area is 109 Å². The van der Waals surface area contributed by atoms with E-state index in [0.29, 0.717) is 25.6 Å². The van der Waals surface area contributed by atoms with Gasteiger partial charge in [-0.15, -0.1) is 0 Å². The first-order chi connectivity index (χ1) is 8.76. The lowest BCUT2D eigenvalue weighted by atomic mass is 10.2. The van der Waals surface area contributed by atoms with Crippen LogP contribution < -0.4 is 9.47 Å². The highest BCUT2D eigenvalue weighted by atomic mass is 16.7. The van der Waals surface area contributed by atoms with Crippen LogP contribution in [0, 0.1) is 0 Å². The number of rotatable bonds is 8. The molecule has 102 valence electrons. The van der Waals surface area contributed by atoms with Gasteiger partial charge < -0.3 is 18.9 Å². The van der Waals surface area contributed by atoms with E-state index in [1.807, 2.05) is 39.0 Å². The minimum atomic E-state index is -0.357. The van der Waals surface area contributed by atoms with E-state index in [9.17, 15) is 0 Å². The lowest BCUT2D eigenvalue weighted by Crippen LogP contribution is -2.09. The fraction of sp³-hybridized carbons (Fsp3) is 0.571. The van der Waals surface area contributed by atoms with Gasteiger partial charge in [0.25, 0.3) is 0 Å². The summed E-state index contributed by atoms with van der Waals surface area (Å²) >= 11 is 0. The second kappa shape index (κ2) is 7.95. The van der Waals surface area contributed by atoms with Crippen molar-refractivity contribution in [1.82, 2.24) is 0 Å². The standard InChI is InChI=1S/C14H22O4/c1-5-16-12-9-8-11(10-13(12)15-4)14(17-6-2)18-7-3/h8-10,14H,5-7H2,1-4H3. The molecule has 0 atom stereocenters. The fourth-order valence-corrected chi connectivity index (χ4v) is 1.65. The van der Waals surface area contributed by atoms with Crippen molar-refractivity contribution in [3.05, 3.63) is 23.8 Å². The monoisotopic (exact) mass is 254 g/mol. The summed E-state index contributed by atoms with van der Waals surface area (Å²) in [6.45, 7) is 7.63. The maximum atomic E-state index is 5.55. The first kappa shape index (κ1) is 14.8. The molecule has 0 aliphatic heterocycles. The van der Waals surface area contributed by atoms with Crippen LogP contribution in [0.5, 0.6) is 11.5 Å². The first-order valence-corrected chi connectivity index (χ1v) is 6.30. The van der Waals surface area contributed by atoms with Gasteiger partial charge in [-0.05, 0) is 32.9 Å². The molecular formula is C14H22O4. The molecule has 4 heteroatoms.